The first-order valence-electron chi connectivity index (χ1n) is 6.30. The van der Waals surface area contributed by atoms with Gasteiger partial charge >= 0.3 is 10.2 Å². The Morgan fingerprint density at radius 2 is 1.15 bits per heavy atom. The highest BCUT2D eigenvalue weighted by Crippen LogP contribution is 3.02. The van der Waals surface area contributed by atoms with Crippen LogP contribution in [-0.2, 0) is 0 Å². The molecule has 2 nitrogen and oxygen atoms in total. The minimum Gasteiger partial charge on any atom is -0.322 e. The van der Waals surface area contributed by atoms with Crippen LogP contribution in [0.15, 0.2) is 23.1 Å². The molecule has 0 spiro atoms. The predicted molar refractivity (Wildman–Crippen MR) is 72.0 cm³/mol. The highest BCUT2D eigenvalue weighted by atomic mass is 32.5. The summed E-state index contributed by atoms with van der Waals surface area (Å²) >= 11 is 0. The van der Waals surface area contributed by atoms with Crippen molar-refractivity contribution in [2.45, 2.75) is 4.90 Å². The first-order valence-corrected chi connectivity index (χ1v) is 8.25. The first-order chi connectivity index (χ1) is 11.9. The zero-order valence-corrected chi connectivity index (χ0v) is 13.0. The Morgan fingerprint density at radius 1 is 0.704 bits per heavy atom. The molecule has 0 radical (unpaired) electrons. The maximum Gasteiger partial charge on any atom is 0.310 e. The molecule has 2 aromatic rings. The molecule has 0 bridgehead atoms. The number of hydrogen-bond donors (Lipinski definition) is 1. The maximum atomic E-state index is 13.5. The fourth-order valence-corrected chi connectivity index (χ4v) is 2.54. The summed E-state index contributed by atoms with van der Waals surface area (Å²) in [6.07, 6.45) is 0. The van der Waals surface area contributed by atoms with Crippen LogP contribution in [0.3, 0.4) is 0 Å². The third kappa shape index (κ3) is 4.09. The average molecular weight is 431 g/mol. The SMILES string of the molecule is O=C(Nc1cc(F)cc(S(F)(F)(F)(F)F)c1)c1c(F)c(F)c(F)c(F)c1F. The number of carbonyl (C=O) groups excluding carboxylic acids is 1. The number of amides is 1. The van der Waals surface area contributed by atoms with E-state index in [1.54, 1.807) is 0 Å². The molecule has 1 amide bonds. The average Bonchev–Trinajstić information content (AvgIpc) is 2.48. The van der Waals surface area contributed by atoms with Gasteiger partial charge in [-0.1, -0.05) is 19.4 Å². The summed E-state index contributed by atoms with van der Waals surface area (Å²) in [5.41, 5.74) is -3.48. The molecule has 2 rings (SSSR count). The number of anilines is 1. The molecule has 14 heteroatoms. The van der Waals surface area contributed by atoms with E-state index in [1.165, 1.54) is 5.32 Å². The summed E-state index contributed by atoms with van der Waals surface area (Å²) in [7, 11) is -10.4. The van der Waals surface area contributed by atoms with Crippen LogP contribution < -0.4 is 5.32 Å². The van der Waals surface area contributed by atoms with Gasteiger partial charge in [0.15, 0.2) is 23.3 Å². The van der Waals surface area contributed by atoms with Gasteiger partial charge in [0.1, 0.15) is 16.3 Å². The van der Waals surface area contributed by atoms with Crippen molar-refractivity contribution < 1.29 is 50.6 Å². The number of benzene rings is 2. The lowest BCUT2D eigenvalue weighted by molar-refractivity contribution is 0.101. The van der Waals surface area contributed by atoms with Gasteiger partial charge in [0, 0.05) is 5.69 Å². The normalized spacial score (nSPS) is 14.5. The third-order valence-electron chi connectivity index (χ3n) is 3.01. The minimum absolute atomic E-state index is 0.0525. The van der Waals surface area contributed by atoms with E-state index in [0.717, 1.165) is 0 Å². The van der Waals surface area contributed by atoms with Crippen LogP contribution in [-0.4, -0.2) is 5.91 Å². The van der Waals surface area contributed by atoms with Crippen LogP contribution in [0.4, 0.5) is 51.5 Å². The van der Waals surface area contributed by atoms with Gasteiger partial charge in [-0.15, -0.1) is 0 Å². The fourth-order valence-electron chi connectivity index (χ4n) is 1.86. The molecule has 0 atom stereocenters. The van der Waals surface area contributed by atoms with E-state index in [2.05, 4.69) is 0 Å². The second-order valence-corrected chi connectivity index (χ2v) is 7.45. The topological polar surface area (TPSA) is 29.1 Å². The van der Waals surface area contributed by atoms with Gasteiger partial charge in [0.25, 0.3) is 5.91 Å². The molecule has 0 saturated heterocycles. The minimum atomic E-state index is -10.4. The Morgan fingerprint density at radius 3 is 1.59 bits per heavy atom. The van der Waals surface area contributed by atoms with E-state index in [0.29, 0.717) is 0 Å². The van der Waals surface area contributed by atoms with Gasteiger partial charge in [-0.05, 0) is 18.2 Å². The Kier molecular flexibility index (Phi) is 4.23. The van der Waals surface area contributed by atoms with Crippen LogP contribution in [0.1, 0.15) is 10.4 Å². The summed E-state index contributed by atoms with van der Waals surface area (Å²) in [5.74, 6) is -17.1. The summed E-state index contributed by atoms with van der Waals surface area (Å²) in [4.78, 5) is 8.89. The van der Waals surface area contributed by atoms with E-state index in [1.807, 2.05) is 0 Å². The van der Waals surface area contributed by atoms with Gasteiger partial charge in [-0.2, -0.15) is 0 Å². The molecule has 27 heavy (non-hydrogen) atoms. The Labute approximate surface area is 142 Å². The predicted octanol–water partition coefficient (Wildman–Crippen LogP) is 6.43. The van der Waals surface area contributed by atoms with Gasteiger partial charge in [-0.3, -0.25) is 4.79 Å². The van der Waals surface area contributed by atoms with Gasteiger partial charge in [0.05, 0.1) is 0 Å². The molecule has 150 valence electrons. The Hall–Kier alpha value is -2.51. The van der Waals surface area contributed by atoms with Crippen LogP contribution >= 0.6 is 10.2 Å². The fraction of sp³-hybridized carbons (Fsp3) is 0. The van der Waals surface area contributed by atoms with Crippen molar-refractivity contribution in [2.75, 3.05) is 5.32 Å². The maximum absolute atomic E-state index is 13.5. The summed E-state index contributed by atoms with van der Waals surface area (Å²) in [6, 6.07) is -1.01. The summed E-state index contributed by atoms with van der Waals surface area (Å²) < 4.78 is 143. The number of hydrogen-bond acceptors (Lipinski definition) is 1. The van der Waals surface area contributed by atoms with E-state index < -0.39 is 79.3 Å². The molecule has 0 aromatic heterocycles. The number of halogens is 11. The van der Waals surface area contributed by atoms with Crippen molar-refractivity contribution in [3.05, 3.63) is 58.7 Å². The lowest BCUT2D eigenvalue weighted by Crippen LogP contribution is -2.19. The smallest absolute Gasteiger partial charge is 0.310 e. The van der Waals surface area contributed by atoms with Crippen LogP contribution in [0, 0.1) is 34.9 Å². The van der Waals surface area contributed by atoms with Crippen molar-refractivity contribution in [1.29, 1.82) is 0 Å². The molecule has 0 aliphatic heterocycles. The van der Waals surface area contributed by atoms with Crippen LogP contribution in [0.2, 0.25) is 0 Å². The van der Waals surface area contributed by atoms with Crippen LogP contribution in [0.5, 0.6) is 0 Å². The molecular formula is C13H4F11NOS. The van der Waals surface area contributed by atoms with Crippen molar-refractivity contribution in [3.8, 4) is 0 Å². The monoisotopic (exact) mass is 431 g/mol. The lowest BCUT2D eigenvalue weighted by atomic mass is 10.1. The van der Waals surface area contributed by atoms with E-state index >= 15 is 0 Å². The molecule has 0 unspecified atom stereocenters. The molecule has 0 heterocycles. The molecule has 0 fully saturated rings. The van der Waals surface area contributed by atoms with Crippen molar-refractivity contribution in [3.63, 3.8) is 0 Å². The zero-order valence-electron chi connectivity index (χ0n) is 12.2. The van der Waals surface area contributed by atoms with E-state index in [9.17, 15) is 50.6 Å². The van der Waals surface area contributed by atoms with E-state index in [4.69, 9.17) is 0 Å². The second-order valence-electron chi connectivity index (χ2n) is 5.04. The molecule has 2 aromatic carbocycles. The largest absolute Gasteiger partial charge is 0.322 e. The summed E-state index contributed by atoms with van der Waals surface area (Å²) in [6.45, 7) is 0. The molecule has 0 saturated carbocycles. The number of rotatable bonds is 3. The highest BCUT2D eigenvalue weighted by Gasteiger charge is 2.65. The summed E-state index contributed by atoms with van der Waals surface area (Å²) in [5, 5.41) is 1.17. The van der Waals surface area contributed by atoms with Gasteiger partial charge in [-0.25, -0.2) is 26.3 Å². The lowest BCUT2D eigenvalue weighted by Gasteiger charge is -2.40. The Bertz CT molecular complexity index is 942. The second kappa shape index (κ2) is 5.50. The van der Waals surface area contributed by atoms with Crippen molar-refractivity contribution in [2.24, 2.45) is 0 Å². The van der Waals surface area contributed by atoms with Crippen molar-refractivity contribution >= 4 is 21.8 Å². The third-order valence-corrected chi connectivity index (χ3v) is 4.14. The number of nitrogens with one attached hydrogen (secondary N) is 1. The first kappa shape index (κ1) is 20.8. The quantitative estimate of drug-likeness (QED) is 0.339. The molecule has 0 aliphatic carbocycles. The van der Waals surface area contributed by atoms with E-state index in [-0.39, 0.29) is 6.07 Å². The zero-order chi connectivity index (χ0) is 21.0. The van der Waals surface area contributed by atoms with Gasteiger partial charge in [0.2, 0.25) is 5.82 Å². The molecular weight excluding hydrogens is 427 g/mol. The Balaban J connectivity index is 2.55. The van der Waals surface area contributed by atoms with Crippen LogP contribution in [0.25, 0.3) is 0 Å². The molecule has 0 aliphatic rings. The van der Waals surface area contributed by atoms with Gasteiger partial charge < -0.3 is 5.32 Å². The molecule has 1 N–H and O–H groups in total. The number of carbonyl (C=O) groups is 1. The standard InChI is InChI=1S/C13H4F11NOS/c14-4-1-5(3-6(2-4)27(20,21,22,23)24)25-13(26)7-8(15)10(17)12(19)11(18)9(7)16/h1-3H,(H,25,26). The van der Waals surface area contributed by atoms with Crippen molar-refractivity contribution in [1.82, 2.24) is 0 Å². The highest BCUT2D eigenvalue weighted by molar-refractivity contribution is 8.45.